The standard InChI is InChI=1S/C13H12ClNO4S/c1-18-13-10(3-2-8-15-13)9-19-11-4-6-12(7-5-11)20(14,16)17/h2-8H,9H2,1H3. The molecule has 0 spiro atoms. The van der Waals surface area contributed by atoms with Gasteiger partial charge in [0.2, 0.25) is 5.88 Å². The second-order valence-electron chi connectivity index (χ2n) is 3.87. The molecule has 7 heteroatoms. The van der Waals surface area contributed by atoms with E-state index in [0.717, 1.165) is 5.56 Å². The van der Waals surface area contributed by atoms with Gasteiger partial charge in [-0.2, -0.15) is 0 Å². The van der Waals surface area contributed by atoms with Crippen molar-refractivity contribution in [2.45, 2.75) is 11.5 Å². The largest absolute Gasteiger partial charge is 0.489 e. The molecule has 0 radical (unpaired) electrons. The first-order valence-electron chi connectivity index (χ1n) is 5.66. The Balaban J connectivity index is 2.08. The van der Waals surface area contributed by atoms with Crippen molar-refractivity contribution in [3.63, 3.8) is 0 Å². The molecule has 2 rings (SSSR count). The summed E-state index contributed by atoms with van der Waals surface area (Å²) in [6, 6.07) is 9.47. The summed E-state index contributed by atoms with van der Waals surface area (Å²) in [7, 11) is 3.05. The van der Waals surface area contributed by atoms with Crippen molar-refractivity contribution in [1.29, 1.82) is 0 Å². The van der Waals surface area contributed by atoms with Gasteiger partial charge in [0.1, 0.15) is 12.4 Å². The van der Waals surface area contributed by atoms with Crippen LogP contribution in [0.2, 0.25) is 0 Å². The van der Waals surface area contributed by atoms with Crippen molar-refractivity contribution in [1.82, 2.24) is 4.98 Å². The zero-order valence-electron chi connectivity index (χ0n) is 10.6. The van der Waals surface area contributed by atoms with Crippen LogP contribution >= 0.6 is 10.7 Å². The number of rotatable bonds is 5. The summed E-state index contributed by atoms with van der Waals surface area (Å²) in [4.78, 5) is 4.09. The fourth-order valence-electron chi connectivity index (χ4n) is 1.58. The van der Waals surface area contributed by atoms with Crippen molar-refractivity contribution in [3.05, 3.63) is 48.2 Å². The van der Waals surface area contributed by atoms with Gasteiger partial charge >= 0.3 is 0 Å². The third-order valence-corrected chi connectivity index (χ3v) is 3.91. The molecule has 0 amide bonds. The lowest BCUT2D eigenvalue weighted by molar-refractivity contribution is 0.293. The summed E-state index contributed by atoms with van der Waals surface area (Å²) in [6.45, 7) is 0.268. The Bertz CT molecular complexity index is 686. The van der Waals surface area contributed by atoms with Gasteiger partial charge in [-0.1, -0.05) is 0 Å². The first-order valence-corrected chi connectivity index (χ1v) is 7.97. The molecular weight excluding hydrogens is 302 g/mol. The van der Waals surface area contributed by atoms with Crippen LogP contribution in [0.1, 0.15) is 5.56 Å². The van der Waals surface area contributed by atoms with Gasteiger partial charge in [0.05, 0.1) is 17.6 Å². The van der Waals surface area contributed by atoms with Gasteiger partial charge in [-0.05, 0) is 36.4 Å². The van der Waals surface area contributed by atoms with Gasteiger partial charge in [-0.25, -0.2) is 13.4 Å². The van der Waals surface area contributed by atoms with E-state index in [4.69, 9.17) is 20.2 Å². The van der Waals surface area contributed by atoms with Crippen LogP contribution in [0.25, 0.3) is 0 Å². The minimum absolute atomic E-state index is 0.0328. The van der Waals surface area contributed by atoms with Gasteiger partial charge in [0.15, 0.2) is 0 Å². The maximum atomic E-state index is 11.1. The zero-order chi connectivity index (χ0) is 14.6. The maximum absolute atomic E-state index is 11.1. The summed E-state index contributed by atoms with van der Waals surface area (Å²) in [5.41, 5.74) is 0.795. The Morgan fingerprint density at radius 1 is 1.20 bits per heavy atom. The highest BCUT2D eigenvalue weighted by Crippen LogP contribution is 2.21. The molecule has 0 unspecified atom stereocenters. The molecule has 0 aliphatic carbocycles. The summed E-state index contributed by atoms with van der Waals surface area (Å²) < 4.78 is 32.9. The lowest BCUT2D eigenvalue weighted by atomic mass is 10.3. The molecule has 5 nitrogen and oxygen atoms in total. The van der Waals surface area contributed by atoms with E-state index in [1.54, 1.807) is 12.3 Å². The molecule has 0 bridgehead atoms. The van der Waals surface area contributed by atoms with E-state index in [2.05, 4.69) is 4.98 Å². The van der Waals surface area contributed by atoms with Crippen molar-refractivity contribution >= 4 is 19.7 Å². The van der Waals surface area contributed by atoms with E-state index in [0.29, 0.717) is 11.6 Å². The Labute approximate surface area is 121 Å². The van der Waals surface area contributed by atoms with Gasteiger partial charge in [0.25, 0.3) is 9.05 Å². The van der Waals surface area contributed by atoms with Gasteiger partial charge in [-0.3, -0.25) is 0 Å². The normalized spacial score (nSPS) is 11.1. The van der Waals surface area contributed by atoms with E-state index in [1.807, 2.05) is 6.07 Å². The monoisotopic (exact) mass is 313 g/mol. The van der Waals surface area contributed by atoms with E-state index in [1.165, 1.54) is 31.4 Å². The van der Waals surface area contributed by atoms with Crippen molar-refractivity contribution in [2.75, 3.05) is 7.11 Å². The number of hydrogen-bond acceptors (Lipinski definition) is 5. The molecule has 0 aliphatic rings. The average Bonchev–Trinajstić information content (AvgIpc) is 2.45. The van der Waals surface area contributed by atoms with E-state index < -0.39 is 9.05 Å². The van der Waals surface area contributed by atoms with E-state index >= 15 is 0 Å². The number of hydrogen-bond donors (Lipinski definition) is 0. The molecule has 0 aliphatic heterocycles. The molecule has 20 heavy (non-hydrogen) atoms. The molecule has 0 N–H and O–H groups in total. The predicted molar refractivity (Wildman–Crippen MR) is 74.6 cm³/mol. The fourth-order valence-corrected chi connectivity index (χ4v) is 2.35. The third kappa shape index (κ3) is 3.61. The maximum Gasteiger partial charge on any atom is 0.261 e. The smallest absolute Gasteiger partial charge is 0.261 e. The van der Waals surface area contributed by atoms with Crippen molar-refractivity contribution in [2.24, 2.45) is 0 Å². The van der Waals surface area contributed by atoms with Crippen molar-refractivity contribution < 1.29 is 17.9 Å². The van der Waals surface area contributed by atoms with Gasteiger partial charge in [0, 0.05) is 16.9 Å². The Hall–Kier alpha value is -1.79. The number of halogens is 1. The van der Waals surface area contributed by atoms with Gasteiger partial charge in [-0.15, -0.1) is 0 Å². The first kappa shape index (κ1) is 14.6. The molecule has 106 valence electrons. The first-order chi connectivity index (χ1) is 9.50. The van der Waals surface area contributed by atoms with Crippen molar-refractivity contribution in [3.8, 4) is 11.6 Å². The number of pyridine rings is 1. The summed E-state index contributed by atoms with van der Waals surface area (Å²) in [5.74, 6) is 1.02. The number of aromatic nitrogens is 1. The third-order valence-electron chi connectivity index (χ3n) is 2.54. The average molecular weight is 314 g/mol. The molecule has 0 saturated heterocycles. The number of nitrogens with zero attached hydrogens (tertiary/aromatic N) is 1. The predicted octanol–water partition coefficient (Wildman–Crippen LogP) is 2.60. The highest BCUT2D eigenvalue weighted by atomic mass is 35.7. The molecule has 0 atom stereocenters. The van der Waals surface area contributed by atoms with Crippen LogP contribution in [0.4, 0.5) is 0 Å². The van der Waals surface area contributed by atoms with Crippen LogP contribution in [-0.2, 0) is 15.7 Å². The topological polar surface area (TPSA) is 65.5 Å². The van der Waals surface area contributed by atoms with Crippen LogP contribution in [0.15, 0.2) is 47.5 Å². The molecule has 2 aromatic rings. The lowest BCUT2D eigenvalue weighted by Gasteiger charge is -2.09. The highest BCUT2D eigenvalue weighted by molar-refractivity contribution is 8.13. The Morgan fingerprint density at radius 2 is 1.90 bits per heavy atom. The van der Waals surface area contributed by atoms with E-state index in [9.17, 15) is 8.42 Å². The molecular formula is C13H12ClNO4S. The van der Waals surface area contributed by atoms with E-state index in [-0.39, 0.29) is 11.5 Å². The van der Waals surface area contributed by atoms with Gasteiger partial charge < -0.3 is 9.47 Å². The molecule has 1 aromatic heterocycles. The van der Waals surface area contributed by atoms with Crippen LogP contribution in [0.5, 0.6) is 11.6 Å². The second-order valence-corrected chi connectivity index (χ2v) is 6.44. The van der Waals surface area contributed by atoms with Crippen LogP contribution < -0.4 is 9.47 Å². The summed E-state index contributed by atoms with van der Waals surface area (Å²) in [6.07, 6.45) is 1.63. The minimum atomic E-state index is -3.71. The highest BCUT2D eigenvalue weighted by Gasteiger charge is 2.09. The molecule has 1 heterocycles. The Kier molecular flexibility index (Phi) is 4.46. The molecule has 1 aromatic carbocycles. The minimum Gasteiger partial charge on any atom is -0.489 e. The summed E-state index contributed by atoms with van der Waals surface area (Å²) in [5, 5.41) is 0. The second kappa shape index (κ2) is 6.11. The van der Waals surface area contributed by atoms with Crippen LogP contribution in [0, 0.1) is 0 Å². The lowest BCUT2D eigenvalue weighted by Crippen LogP contribution is -2.00. The fraction of sp³-hybridized carbons (Fsp3) is 0.154. The van der Waals surface area contributed by atoms with Crippen LogP contribution in [0.3, 0.4) is 0 Å². The number of benzene rings is 1. The Morgan fingerprint density at radius 3 is 2.50 bits per heavy atom. The molecule has 0 saturated carbocycles. The summed E-state index contributed by atoms with van der Waals surface area (Å²) >= 11 is 0. The van der Waals surface area contributed by atoms with Crippen LogP contribution in [-0.4, -0.2) is 20.5 Å². The molecule has 0 fully saturated rings. The SMILES string of the molecule is COc1ncccc1COc1ccc(S(=O)(=O)Cl)cc1. The number of ether oxygens (including phenoxy) is 2. The zero-order valence-corrected chi connectivity index (χ0v) is 12.2. The number of methoxy groups -OCH3 is 1. The quantitative estimate of drug-likeness (QED) is 0.794.